The Bertz CT molecular complexity index is 629. The number of carbonyl (C=O) groups is 1. The maximum Gasteiger partial charge on any atom is 0.311 e. The van der Waals surface area contributed by atoms with Crippen molar-refractivity contribution < 1.29 is 18.3 Å². The Morgan fingerprint density at radius 1 is 1.47 bits per heavy atom. The molecular formula is C12H12BrClO4S. The zero-order chi connectivity index (χ0) is 14.3. The van der Waals surface area contributed by atoms with Crippen LogP contribution in [0, 0.1) is 5.41 Å². The Labute approximate surface area is 124 Å². The lowest BCUT2D eigenvalue weighted by Crippen LogP contribution is -2.34. The van der Waals surface area contributed by atoms with Gasteiger partial charge in [0.05, 0.1) is 16.9 Å². The monoisotopic (exact) mass is 366 g/mol. The van der Waals surface area contributed by atoms with E-state index in [1.165, 1.54) is 0 Å². The lowest BCUT2D eigenvalue weighted by molar-refractivity contribution is -0.147. The van der Waals surface area contributed by atoms with Crippen molar-refractivity contribution in [1.29, 1.82) is 0 Å². The first-order chi connectivity index (χ1) is 8.74. The molecule has 1 atom stereocenters. The van der Waals surface area contributed by atoms with Gasteiger partial charge in [0, 0.05) is 9.50 Å². The van der Waals surface area contributed by atoms with Crippen molar-refractivity contribution >= 4 is 43.3 Å². The van der Waals surface area contributed by atoms with E-state index in [1.54, 1.807) is 18.2 Å². The number of benzene rings is 1. The molecule has 1 heterocycles. The number of rotatable bonds is 3. The molecule has 1 aromatic rings. The Balaban J connectivity index is 2.35. The van der Waals surface area contributed by atoms with Crippen molar-refractivity contribution in [2.24, 2.45) is 5.41 Å². The zero-order valence-electron chi connectivity index (χ0n) is 9.90. The summed E-state index contributed by atoms with van der Waals surface area (Å²) in [5.41, 5.74) is -0.597. The quantitative estimate of drug-likeness (QED) is 0.891. The molecule has 104 valence electrons. The van der Waals surface area contributed by atoms with E-state index >= 15 is 0 Å². The van der Waals surface area contributed by atoms with Crippen molar-refractivity contribution in [3.05, 3.63) is 33.3 Å². The molecule has 1 aromatic carbocycles. The fraction of sp³-hybridized carbons (Fsp3) is 0.417. The van der Waals surface area contributed by atoms with Gasteiger partial charge in [-0.25, -0.2) is 8.42 Å². The minimum atomic E-state index is -3.27. The fourth-order valence-electron chi connectivity index (χ4n) is 2.33. The predicted octanol–water partition coefficient (Wildman–Crippen LogP) is 2.53. The van der Waals surface area contributed by atoms with E-state index in [2.05, 4.69) is 15.9 Å². The van der Waals surface area contributed by atoms with Crippen LogP contribution in [0.25, 0.3) is 0 Å². The predicted molar refractivity (Wildman–Crippen MR) is 76.2 cm³/mol. The molecule has 0 radical (unpaired) electrons. The van der Waals surface area contributed by atoms with E-state index in [0.29, 0.717) is 10.6 Å². The van der Waals surface area contributed by atoms with Gasteiger partial charge in [-0.3, -0.25) is 4.79 Å². The topological polar surface area (TPSA) is 71.4 Å². The molecule has 19 heavy (non-hydrogen) atoms. The number of halogens is 2. The molecule has 0 spiro atoms. The first-order valence-corrected chi connectivity index (χ1v) is 8.61. The molecule has 0 saturated carbocycles. The highest BCUT2D eigenvalue weighted by molar-refractivity contribution is 9.10. The molecule has 1 saturated heterocycles. The summed E-state index contributed by atoms with van der Waals surface area (Å²) in [4.78, 5) is 11.5. The summed E-state index contributed by atoms with van der Waals surface area (Å²) in [5, 5.41) is 9.83. The number of sulfone groups is 1. The molecule has 4 nitrogen and oxygen atoms in total. The SMILES string of the molecule is O=C(O)C1(Cc2ccc(Br)cc2Cl)CCS(=O)(=O)C1. The van der Waals surface area contributed by atoms with E-state index in [9.17, 15) is 18.3 Å². The van der Waals surface area contributed by atoms with E-state index < -0.39 is 21.2 Å². The highest BCUT2D eigenvalue weighted by atomic mass is 79.9. The number of hydrogen-bond acceptors (Lipinski definition) is 3. The molecule has 0 aromatic heterocycles. The molecule has 1 fully saturated rings. The van der Waals surface area contributed by atoms with Crippen molar-refractivity contribution in [1.82, 2.24) is 0 Å². The molecule has 1 aliphatic rings. The highest BCUT2D eigenvalue weighted by Crippen LogP contribution is 2.38. The van der Waals surface area contributed by atoms with Crippen molar-refractivity contribution in [2.75, 3.05) is 11.5 Å². The standard InChI is InChI=1S/C12H12BrClO4S/c13-9-2-1-8(10(14)5-9)6-12(11(15)16)3-4-19(17,18)7-12/h1-2,5H,3-4,6-7H2,(H,15,16). The number of carboxylic acids is 1. The lowest BCUT2D eigenvalue weighted by atomic mass is 9.81. The summed E-state index contributed by atoms with van der Waals surface area (Å²) < 4.78 is 23.9. The van der Waals surface area contributed by atoms with Crippen LogP contribution in [0.4, 0.5) is 0 Å². The number of aliphatic carboxylic acids is 1. The normalized spacial score (nSPS) is 25.4. The van der Waals surface area contributed by atoms with Crippen molar-refractivity contribution in [3.63, 3.8) is 0 Å². The second-order valence-electron chi connectivity index (χ2n) is 4.84. The summed E-state index contributed by atoms with van der Waals surface area (Å²) in [6.45, 7) is 0. The third kappa shape index (κ3) is 3.12. The van der Waals surface area contributed by atoms with Gasteiger partial charge in [0.2, 0.25) is 0 Å². The van der Waals surface area contributed by atoms with Gasteiger partial charge in [-0.05, 0) is 30.5 Å². The van der Waals surface area contributed by atoms with Gasteiger partial charge < -0.3 is 5.11 Å². The van der Waals surface area contributed by atoms with Crippen molar-refractivity contribution in [2.45, 2.75) is 12.8 Å². The second kappa shape index (κ2) is 5.07. The van der Waals surface area contributed by atoms with Gasteiger partial charge in [0.1, 0.15) is 0 Å². The third-order valence-electron chi connectivity index (χ3n) is 3.39. The summed E-state index contributed by atoms with van der Waals surface area (Å²) in [6, 6.07) is 5.16. The van der Waals surface area contributed by atoms with Gasteiger partial charge in [-0.15, -0.1) is 0 Å². The van der Waals surface area contributed by atoms with E-state index in [0.717, 1.165) is 4.47 Å². The van der Waals surface area contributed by atoms with Gasteiger partial charge in [-0.1, -0.05) is 33.6 Å². The molecule has 0 aliphatic carbocycles. The molecule has 1 N–H and O–H groups in total. The average molecular weight is 368 g/mol. The Morgan fingerprint density at radius 2 is 2.16 bits per heavy atom. The molecule has 0 bridgehead atoms. The first-order valence-electron chi connectivity index (χ1n) is 5.62. The van der Waals surface area contributed by atoms with Crippen LogP contribution < -0.4 is 0 Å². The average Bonchev–Trinajstić information content (AvgIpc) is 2.60. The van der Waals surface area contributed by atoms with Crippen LogP contribution in [0.2, 0.25) is 5.02 Å². The number of carboxylic acid groups (broad SMARTS) is 1. The minimum Gasteiger partial charge on any atom is -0.481 e. The van der Waals surface area contributed by atoms with Crippen LogP contribution in [0.1, 0.15) is 12.0 Å². The molecule has 2 rings (SSSR count). The molecule has 0 amide bonds. The van der Waals surface area contributed by atoms with E-state index in [-0.39, 0.29) is 24.3 Å². The van der Waals surface area contributed by atoms with Crippen LogP contribution in [0.15, 0.2) is 22.7 Å². The lowest BCUT2D eigenvalue weighted by Gasteiger charge is -2.23. The largest absolute Gasteiger partial charge is 0.481 e. The zero-order valence-corrected chi connectivity index (χ0v) is 13.1. The van der Waals surface area contributed by atoms with E-state index in [4.69, 9.17) is 11.6 Å². The molecule has 1 aliphatic heterocycles. The van der Waals surface area contributed by atoms with Crippen LogP contribution >= 0.6 is 27.5 Å². The molecule has 7 heteroatoms. The summed E-state index contributed by atoms with van der Waals surface area (Å²) in [5.74, 6) is -1.47. The second-order valence-corrected chi connectivity index (χ2v) is 8.35. The Morgan fingerprint density at radius 3 is 2.63 bits per heavy atom. The Hall–Kier alpha value is -0.590. The van der Waals surface area contributed by atoms with Crippen LogP contribution in [-0.2, 0) is 21.1 Å². The smallest absolute Gasteiger partial charge is 0.311 e. The molecule has 1 unspecified atom stereocenters. The summed E-state index contributed by atoms with van der Waals surface area (Å²) in [6.07, 6.45) is 0.269. The van der Waals surface area contributed by atoms with Gasteiger partial charge in [0.25, 0.3) is 0 Å². The Kier molecular flexibility index (Phi) is 3.95. The van der Waals surface area contributed by atoms with Crippen molar-refractivity contribution in [3.8, 4) is 0 Å². The maximum absolute atomic E-state index is 11.6. The summed E-state index contributed by atoms with van der Waals surface area (Å²) >= 11 is 9.35. The van der Waals surface area contributed by atoms with E-state index in [1.807, 2.05) is 0 Å². The minimum absolute atomic E-state index is 0.0759. The van der Waals surface area contributed by atoms with Gasteiger partial charge in [-0.2, -0.15) is 0 Å². The van der Waals surface area contributed by atoms with Gasteiger partial charge in [0.15, 0.2) is 9.84 Å². The fourth-order valence-corrected chi connectivity index (χ4v) is 5.13. The highest BCUT2D eigenvalue weighted by Gasteiger charge is 2.48. The maximum atomic E-state index is 11.6. The summed E-state index contributed by atoms with van der Waals surface area (Å²) in [7, 11) is -3.27. The third-order valence-corrected chi connectivity index (χ3v) is 6.05. The van der Waals surface area contributed by atoms with Crippen LogP contribution in [-0.4, -0.2) is 31.0 Å². The van der Waals surface area contributed by atoms with Gasteiger partial charge >= 0.3 is 5.97 Å². The molecular weight excluding hydrogens is 356 g/mol. The van der Waals surface area contributed by atoms with Crippen LogP contribution in [0.5, 0.6) is 0 Å². The first kappa shape index (κ1) is 14.8. The van der Waals surface area contributed by atoms with Crippen LogP contribution in [0.3, 0.4) is 0 Å². The number of hydrogen-bond donors (Lipinski definition) is 1.